The molecule has 0 bridgehead atoms. The first-order valence-electron chi connectivity index (χ1n) is 4.56. The first kappa shape index (κ1) is 9.76. The van der Waals surface area contributed by atoms with Crippen molar-refractivity contribution in [2.75, 3.05) is 0 Å². The van der Waals surface area contributed by atoms with Crippen molar-refractivity contribution in [1.82, 2.24) is 0 Å². The van der Waals surface area contributed by atoms with E-state index in [1.165, 1.54) is 0 Å². The van der Waals surface area contributed by atoms with E-state index in [0.29, 0.717) is 10.6 Å². The predicted molar refractivity (Wildman–Crippen MR) is 61.6 cm³/mol. The highest BCUT2D eigenvalue weighted by Crippen LogP contribution is 2.27. The smallest absolute Gasteiger partial charge is 0.0991 e. The molecule has 2 rings (SSSR count). The Bertz CT molecular complexity index is 526. The molecule has 0 saturated heterocycles. The second-order valence-electron chi connectivity index (χ2n) is 3.17. The van der Waals surface area contributed by atoms with Gasteiger partial charge in [0.05, 0.1) is 11.6 Å². The summed E-state index contributed by atoms with van der Waals surface area (Å²) in [6, 6.07) is 17.1. The molecule has 0 radical (unpaired) electrons. The fraction of sp³-hybridized carbons (Fsp3) is 0. The Balaban J connectivity index is 2.55. The largest absolute Gasteiger partial charge is 0.192 e. The van der Waals surface area contributed by atoms with Gasteiger partial charge >= 0.3 is 0 Å². The van der Waals surface area contributed by atoms with Crippen LogP contribution in [0.15, 0.2) is 48.5 Å². The van der Waals surface area contributed by atoms with E-state index in [1.54, 1.807) is 6.07 Å². The lowest BCUT2D eigenvalue weighted by molar-refractivity contribution is 1.48. The molecular formula is C13H8ClN. The van der Waals surface area contributed by atoms with Gasteiger partial charge in [0.2, 0.25) is 0 Å². The van der Waals surface area contributed by atoms with Crippen LogP contribution in [0.5, 0.6) is 0 Å². The van der Waals surface area contributed by atoms with Gasteiger partial charge in [-0.1, -0.05) is 41.9 Å². The fourth-order valence-corrected chi connectivity index (χ4v) is 1.70. The summed E-state index contributed by atoms with van der Waals surface area (Å²) in [7, 11) is 0. The monoisotopic (exact) mass is 213 g/mol. The molecule has 0 aromatic heterocycles. The maximum Gasteiger partial charge on any atom is 0.0991 e. The van der Waals surface area contributed by atoms with Crippen LogP contribution >= 0.6 is 11.6 Å². The average Bonchev–Trinajstić information content (AvgIpc) is 2.30. The van der Waals surface area contributed by atoms with E-state index in [1.807, 2.05) is 42.5 Å². The zero-order valence-corrected chi connectivity index (χ0v) is 8.70. The molecule has 0 aliphatic rings. The Morgan fingerprint density at radius 2 is 1.80 bits per heavy atom. The third-order valence-electron chi connectivity index (χ3n) is 2.18. The van der Waals surface area contributed by atoms with Crippen LogP contribution in [0.4, 0.5) is 0 Å². The molecule has 72 valence electrons. The van der Waals surface area contributed by atoms with Crippen molar-refractivity contribution >= 4 is 11.6 Å². The third kappa shape index (κ3) is 2.01. The van der Waals surface area contributed by atoms with Crippen LogP contribution < -0.4 is 0 Å². The molecule has 0 aliphatic heterocycles. The van der Waals surface area contributed by atoms with E-state index in [4.69, 9.17) is 16.9 Å². The summed E-state index contributed by atoms with van der Waals surface area (Å²) in [6.45, 7) is 0. The third-order valence-corrected chi connectivity index (χ3v) is 2.51. The van der Waals surface area contributed by atoms with Crippen molar-refractivity contribution in [2.45, 2.75) is 0 Å². The van der Waals surface area contributed by atoms with E-state index in [9.17, 15) is 0 Å². The quantitative estimate of drug-likeness (QED) is 0.705. The fourth-order valence-electron chi connectivity index (χ4n) is 1.45. The molecule has 0 spiro atoms. The molecule has 0 aliphatic carbocycles. The highest BCUT2D eigenvalue weighted by atomic mass is 35.5. The van der Waals surface area contributed by atoms with E-state index in [-0.39, 0.29) is 0 Å². The standard InChI is InChI=1S/C13H8ClN/c14-13-7-2-1-6-12(13)11-5-3-4-10(8-11)9-15/h1-8H. The van der Waals surface area contributed by atoms with E-state index >= 15 is 0 Å². The minimum atomic E-state index is 0.646. The van der Waals surface area contributed by atoms with E-state index in [2.05, 4.69) is 6.07 Å². The van der Waals surface area contributed by atoms with Crippen LogP contribution in [0.25, 0.3) is 11.1 Å². The SMILES string of the molecule is N#Cc1cccc(-c2ccccc2Cl)c1. The van der Waals surface area contributed by atoms with Crippen molar-refractivity contribution in [3.05, 3.63) is 59.1 Å². The Morgan fingerprint density at radius 1 is 1.00 bits per heavy atom. The number of benzene rings is 2. The molecule has 0 saturated carbocycles. The molecule has 2 heteroatoms. The van der Waals surface area contributed by atoms with Gasteiger partial charge in [-0.3, -0.25) is 0 Å². The summed E-state index contributed by atoms with van der Waals surface area (Å²) in [4.78, 5) is 0. The van der Waals surface area contributed by atoms with Crippen LogP contribution in [-0.2, 0) is 0 Å². The van der Waals surface area contributed by atoms with Gasteiger partial charge < -0.3 is 0 Å². The number of rotatable bonds is 1. The van der Waals surface area contributed by atoms with Crippen molar-refractivity contribution in [3.8, 4) is 17.2 Å². The molecule has 2 aromatic carbocycles. The van der Waals surface area contributed by atoms with Gasteiger partial charge in [-0.25, -0.2) is 0 Å². The minimum Gasteiger partial charge on any atom is -0.192 e. The minimum absolute atomic E-state index is 0.646. The summed E-state index contributed by atoms with van der Waals surface area (Å²) in [6.07, 6.45) is 0. The Hall–Kier alpha value is -1.78. The van der Waals surface area contributed by atoms with Gasteiger partial charge in [-0.2, -0.15) is 5.26 Å². The molecule has 0 heterocycles. The normalized spacial score (nSPS) is 9.60. The Labute approximate surface area is 93.5 Å². The molecule has 2 aromatic rings. The van der Waals surface area contributed by atoms with Crippen LogP contribution in [-0.4, -0.2) is 0 Å². The predicted octanol–water partition coefficient (Wildman–Crippen LogP) is 3.88. The zero-order valence-electron chi connectivity index (χ0n) is 7.94. The van der Waals surface area contributed by atoms with Gasteiger partial charge in [-0.15, -0.1) is 0 Å². The summed E-state index contributed by atoms with van der Waals surface area (Å²) < 4.78 is 0. The number of nitriles is 1. The Morgan fingerprint density at radius 3 is 2.53 bits per heavy atom. The van der Waals surface area contributed by atoms with E-state index in [0.717, 1.165) is 11.1 Å². The summed E-state index contributed by atoms with van der Waals surface area (Å²) in [5, 5.41) is 9.50. The molecule has 0 N–H and O–H groups in total. The average molecular weight is 214 g/mol. The maximum absolute atomic E-state index is 8.80. The van der Waals surface area contributed by atoms with Gasteiger partial charge in [0.15, 0.2) is 0 Å². The number of hydrogen-bond acceptors (Lipinski definition) is 1. The van der Waals surface area contributed by atoms with Crippen molar-refractivity contribution < 1.29 is 0 Å². The second kappa shape index (κ2) is 4.16. The van der Waals surface area contributed by atoms with Gasteiger partial charge in [0.25, 0.3) is 0 Å². The zero-order chi connectivity index (χ0) is 10.7. The molecule has 0 atom stereocenters. The summed E-state index contributed by atoms with van der Waals surface area (Å²) in [5.74, 6) is 0. The van der Waals surface area contributed by atoms with E-state index < -0.39 is 0 Å². The number of halogens is 1. The molecule has 0 unspecified atom stereocenters. The van der Waals surface area contributed by atoms with Gasteiger partial charge in [0, 0.05) is 10.6 Å². The Kier molecular flexibility index (Phi) is 2.71. The lowest BCUT2D eigenvalue weighted by Gasteiger charge is -2.03. The first-order chi connectivity index (χ1) is 7.31. The molecule has 1 nitrogen and oxygen atoms in total. The van der Waals surface area contributed by atoms with Crippen LogP contribution in [0.1, 0.15) is 5.56 Å². The molecule has 0 amide bonds. The van der Waals surface area contributed by atoms with Crippen molar-refractivity contribution in [3.63, 3.8) is 0 Å². The maximum atomic E-state index is 8.80. The summed E-state index contributed by atoms with van der Waals surface area (Å²) in [5.41, 5.74) is 2.57. The number of hydrogen-bond donors (Lipinski definition) is 0. The van der Waals surface area contributed by atoms with Gasteiger partial charge in [-0.05, 0) is 23.8 Å². The summed E-state index contributed by atoms with van der Waals surface area (Å²) >= 11 is 6.07. The van der Waals surface area contributed by atoms with Crippen LogP contribution in [0.2, 0.25) is 5.02 Å². The highest BCUT2D eigenvalue weighted by Gasteiger charge is 2.02. The topological polar surface area (TPSA) is 23.8 Å². The van der Waals surface area contributed by atoms with Gasteiger partial charge in [0.1, 0.15) is 0 Å². The van der Waals surface area contributed by atoms with Crippen molar-refractivity contribution in [2.24, 2.45) is 0 Å². The molecule has 0 fully saturated rings. The van der Waals surface area contributed by atoms with Crippen LogP contribution in [0, 0.1) is 11.3 Å². The van der Waals surface area contributed by atoms with Crippen molar-refractivity contribution in [1.29, 1.82) is 5.26 Å². The molecular weight excluding hydrogens is 206 g/mol. The first-order valence-corrected chi connectivity index (χ1v) is 4.94. The van der Waals surface area contributed by atoms with Crippen LogP contribution in [0.3, 0.4) is 0 Å². The lowest BCUT2D eigenvalue weighted by atomic mass is 10.0. The second-order valence-corrected chi connectivity index (χ2v) is 3.58. The lowest BCUT2D eigenvalue weighted by Crippen LogP contribution is -1.80. The number of nitrogens with zero attached hydrogens (tertiary/aromatic N) is 1. The molecule has 15 heavy (non-hydrogen) atoms. The highest BCUT2D eigenvalue weighted by molar-refractivity contribution is 6.33.